The summed E-state index contributed by atoms with van der Waals surface area (Å²) in [6.07, 6.45) is 4.41. The van der Waals surface area contributed by atoms with Crippen LogP contribution < -0.4 is 10.1 Å². The van der Waals surface area contributed by atoms with E-state index in [0.717, 1.165) is 24.5 Å². The minimum absolute atomic E-state index is 0.553. The van der Waals surface area contributed by atoms with Gasteiger partial charge in [-0.2, -0.15) is 11.8 Å². The van der Waals surface area contributed by atoms with Gasteiger partial charge in [0.25, 0.3) is 0 Å². The van der Waals surface area contributed by atoms with E-state index in [1.54, 1.807) is 7.11 Å². The zero-order valence-corrected chi connectivity index (χ0v) is 11.8. The van der Waals surface area contributed by atoms with Crippen molar-refractivity contribution in [2.75, 3.05) is 25.7 Å². The molecule has 0 aliphatic rings. The predicted molar refractivity (Wildman–Crippen MR) is 77.2 cm³/mol. The molecule has 0 saturated heterocycles. The average Bonchev–Trinajstić information content (AvgIpc) is 2.36. The molecule has 96 valence electrons. The van der Waals surface area contributed by atoms with Gasteiger partial charge in [0.05, 0.1) is 7.11 Å². The fraction of sp³-hybridized carbons (Fsp3) is 0.571. The second-order valence-corrected chi connectivity index (χ2v) is 5.07. The van der Waals surface area contributed by atoms with Crippen LogP contribution in [0.5, 0.6) is 5.75 Å². The monoisotopic (exact) mass is 253 g/mol. The van der Waals surface area contributed by atoms with Gasteiger partial charge in [-0.1, -0.05) is 19.1 Å². The second kappa shape index (κ2) is 8.43. The Bertz CT molecular complexity index is 317. The number of nitrogens with one attached hydrogen (secondary N) is 1. The number of thioether (sulfide) groups is 1. The van der Waals surface area contributed by atoms with Gasteiger partial charge in [-0.15, -0.1) is 0 Å². The maximum Gasteiger partial charge on any atom is 0.119 e. The molecule has 0 fully saturated rings. The fourth-order valence-corrected chi connectivity index (χ4v) is 2.46. The second-order valence-electron chi connectivity index (χ2n) is 4.16. The summed E-state index contributed by atoms with van der Waals surface area (Å²) in [5.41, 5.74) is 1.34. The topological polar surface area (TPSA) is 21.3 Å². The molecule has 0 heterocycles. The molecule has 0 radical (unpaired) electrons. The highest BCUT2D eigenvalue weighted by Crippen LogP contribution is 2.15. The molecule has 0 aliphatic carbocycles. The van der Waals surface area contributed by atoms with Gasteiger partial charge in [0.1, 0.15) is 5.75 Å². The summed E-state index contributed by atoms with van der Waals surface area (Å²) in [6.45, 7) is 3.30. The number of hydrogen-bond donors (Lipinski definition) is 1. The van der Waals surface area contributed by atoms with Gasteiger partial charge in [-0.3, -0.25) is 0 Å². The highest BCUT2D eigenvalue weighted by atomic mass is 32.2. The molecular formula is C14H23NOS. The van der Waals surface area contributed by atoms with Crippen LogP contribution in [0.2, 0.25) is 0 Å². The van der Waals surface area contributed by atoms with E-state index in [-0.39, 0.29) is 0 Å². The summed E-state index contributed by atoms with van der Waals surface area (Å²) in [6, 6.07) is 8.90. The molecule has 0 spiro atoms. The van der Waals surface area contributed by atoms with Gasteiger partial charge in [0.2, 0.25) is 0 Å². The molecule has 0 bridgehead atoms. The van der Waals surface area contributed by atoms with Crippen molar-refractivity contribution >= 4 is 11.8 Å². The highest BCUT2D eigenvalue weighted by Gasteiger charge is 2.08. The molecule has 0 aromatic heterocycles. The Labute approximate surface area is 109 Å². The molecule has 1 atom stereocenters. The predicted octanol–water partition coefficient (Wildman–Crippen LogP) is 2.97. The minimum atomic E-state index is 0.553. The van der Waals surface area contributed by atoms with Crippen molar-refractivity contribution in [1.82, 2.24) is 5.32 Å². The van der Waals surface area contributed by atoms with Crippen LogP contribution in [0, 0.1) is 0 Å². The Balaban J connectivity index is 2.57. The normalized spacial score (nSPS) is 12.4. The number of benzene rings is 1. The molecule has 0 saturated carbocycles. The van der Waals surface area contributed by atoms with Crippen LogP contribution in [-0.2, 0) is 6.42 Å². The first-order valence-electron chi connectivity index (χ1n) is 6.15. The van der Waals surface area contributed by atoms with Crippen molar-refractivity contribution in [1.29, 1.82) is 0 Å². The summed E-state index contributed by atoms with van der Waals surface area (Å²) >= 11 is 1.90. The van der Waals surface area contributed by atoms with Crippen molar-refractivity contribution in [3.63, 3.8) is 0 Å². The van der Waals surface area contributed by atoms with Gasteiger partial charge >= 0.3 is 0 Å². The van der Waals surface area contributed by atoms with Crippen LogP contribution in [0.1, 0.15) is 18.9 Å². The lowest BCUT2D eigenvalue weighted by atomic mass is 10.1. The van der Waals surface area contributed by atoms with Gasteiger partial charge in [0, 0.05) is 11.8 Å². The molecule has 17 heavy (non-hydrogen) atoms. The van der Waals surface area contributed by atoms with Gasteiger partial charge < -0.3 is 10.1 Å². The number of ether oxygens (including phenoxy) is 1. The molecule has 0 amide bonds. The Morgan fingerprint density at radius 3 is 2.88 bits per heavy atom. The fourth-order valence-electron chi connectivity index (χ4n) is 1.82. The van der Waals surface area contributed by atoms with Crippen molar-refractivity contribution in [2.24, 2.45) is 0 Å². The average molecular weight is 253 g/mol. The highest BCUT2D eigenvalue weighted by molar-refractivity contribution is 7.98. The van der Waals surface area contributed by atoms with Gasteiger partial charge in [-0.05, 0) is 43.3 Å². The quantitative estimate of drug-likeness (QED) is 0.769. The van der Waals surface area contributed by atoms with E-state index in [4.69, 9.17) is 4.74 Å². The van der Waals surface area contributed by atoms with Crippen molar-refractivity contribution < 1.29 is 4.74 Å². The number of rotatable bonds is 8. The van der Waals surface area contributed by atoms with E-state index >= 15 is 0 Å². The first-order chi connectivity index (χ1) is 8.30. The molecule has 3 heteroatoms. The lowest BCUT2D eigenvalue weighted by Crippen LogP contribution is -2.33. The SMILES string of the molecule is CCCNC(CSC)Cc1cccc(OC)c1. The largest absolute Gasteiger partial charge is 0.497 e. The molecule has 1 N–H and O–H groups in total. The van der Waals surface area contributed by atoms with E-state index in [9.17, 15) is 0 Å². The standard InChI is InChI=1S/C14H23NOS/c1-4-8-15-13(11-17-3)9-12-6-5-7-14(10-12)16-2/h5-7,10,13,15H,4,8-9,11H2,1-3H3. The maximum atomic E-state index is 5.25. The third-order valence-corrected chi connectivity index (χ3v) is 3.40. The number of methoxy groups -OCH3 is 1. The Hall–Kier alpha value is -0.670. The van der Waals surface area contributed by atoms with E-state index in [1.807, 2.05) is 17.8 Å². The first-order valence-corrected chi connectivity index (χ1v) is 7.54. The first kappa shape index (κ1) is 14.4. The van der Waals surface area contributed by atoms with Crippen LogP contribution in [0.15, 0.2) is 24.3 Å². The molecule has 1 aromatic rings. The maximum absolute atomic E-state index is 5.25. The van der Waals surface area contributed by atoms with Crippen molar-refractivity contribution in [2.45, 2.75) is 25.8 Å². The minimum Gasteiger partial charge on any atom is -0.497 e. The Morgan fingerprint density at radius 2 is 2.24 bits per heavy atom. The summed E-state index contributed by atoms with van der Waals surface area (Å²) < 4.78 is 5.25. The van der Waals surface area contributed by atoms with E-state index in [1.165, 1.54) is 12.0 Å². The third kappa shape index (κ3) is 5.46. The number of hydrogen-bond acceptors (Lipinski definition) is 3. The van der Waals surface area contributed by atoms with Crippen molar-refractivity contribution in [3.8, 4) is 5.75 Å². The van der Waals surface area contributed by atoms with Crippen LogP contribution in [0.25, 0.3) is 0 Å². The zero-order valence-electron chi connectivity index (χ0n) is 11.0. The van der Waals surface area contributed by atoms with E-state index < -0.39 is 0 Å². The summed E-state index contributed by atoms with van der Waals surface area (Å²) in [7, 11) is 1.72. The molecule has 1 rings (SSSR count). The third-order valence-electron chi connectivity index (χ3n) is 2.67. The molecule has 1 unspecified atom stereocenters. The van der Waals surface area contributed by atoms with Gasteiger partial charge in [-0.25, -0.2) is 0 Å². The summed E-state index contributed by atoms with van der Waals surface area (Å²) in [5.74, 6) is 2.10. The van der Waals surface area contributed by atoms with Crippen LogP contribution in [0.3, 0.4) is 0 Å². The van der Waals surface area contributed by atoms with Gasteiger partial charge in [0.15, 0.2) is 0 Å². The van der Waals surface area contributed by atoms with Crippen LogP contribution >= 0.6 is 11.8 Å². The lowest BCUT2D eigenvalue weighted by Gasteiger charge is -2.17. The zero-order chi connectivity index (χ0) is 12.5. The van der Waals surface area contributed by atoms with Crippen LogP contribution in [0.4, 0.5) is 0 Å². The van der Waals surface area contributed by atoms with E-state index in [0.29, 0.717) is 6.04 Å². The Morgan fingerprint density at radius 1 is 1.41 bits per heavy atom. The molecule has 1 aromatic carbocycles. The summed E-state index contributed by atoms with van der Waals surface area (Å²) in [5, 5.41) is 3.59. The van der Waals surface area contributed by atoms with Crippen LogP contribution in [-0.4, -0.2) is 31.7 Å². The lowest BCUT2D eigenvalue weighted by molar-refractivity contribution is 0.414. The Kier molecular flexibility index (Phi) is 7.13. The molecule has 0 aliphatic heterocycles. The van der Waals surface area contributed by atoms with E-state index in [2.05, 4.69) is 36.7 Å². The van der Waals surface area contributed by atoms with Crippen molar-refractivity contribution in [3.05, 3.63) is 29.8 Å². The smallest absolute Gasteiger partial charge is 0.119 e. The summed E-state index contributed by atoms with van der Waals surface area (Å²) in [4.78, 5) is 0. The molecular weight excluding hydrogens is 230 g/mol. The molecule has 2 nitrogen and oxygen atoms in total.